The zero-order valence-electron chi connectivity index (χ0n) is 25.1. The SMILES string of the molecule is CN(CCCCCN1CCC(C(N)=O)CC1)C(=O)CCOC(=O)N(c1ccccc1-c1ccccc1)N1CCCCC1. The van der Waals surface area contributed by atoms with Crippen molar-refractivity contribution >= 4 is 23.6 Å². The van der Waals surface area contributed by atoms with Gasteiger partial charge in [0.1, 0.15) is 6.61 Å². The average molecular weight is 578 g/mol. The molecule has 0 atom stereocenters. The second-order valence-corrected chi connectivity index (χ2v) is 11.5. The van der Waals surface area contributed by atoms with Gasteiger partial charge in [-0.2, -0.15) is 0 Å². The lowest BCUT2D eigenvalue weighted by Gasteiger charge is -2.37. The maximum absolute atomic E-state index is 13.5. The van der Waals surface area contributed by atoms with Crippen LogP contribution in [0.4, 0.5) is 10.5 Å². The van der Waals surface area contributed by atoms with E-state index >= 15 is 0 Å². The maximum Gasteiger partial charge on any atom is 0.429 e. The van der Waals surface area contributed by atoms with Gasteiger partial charge in [-0.25, -0.2) is 14.8 Å². The number of unbranched alkanes of at least 4 members (excludes halogenated alkanes) is 2. The highest BCUT2D eigenvalue weighted by Crippen LogP contribution is 2.33. The van der Waals surface area contributed by atoms with Crippen LogP contribution < -0.4 is 10.7 Å². The lowest BCUT2D eigenvalue weighted by Crippen LogP contribution is -2.49. The smallest absolute Gasteiger partial charge is 0.429 e. The molecule has 0 spiro atoms. The van der Waals surface area contributed by atoms with Crippen molar-refractivity contribution in [2.24, 2.45) is 11.7 Å². The van der Waals surface area contributed by atoms with Crippen LogP contribution in [0.15, 0.2) is 54.6 Å². The summed E-state index contributed by atoms with van der Waals surface area (Å²) in [4.78, 5) is 41.7. The number of carbonyl (C=O) groups excluding carboxylic acids is 3. The van der Waals surface area contributed by atoms with Gasteiger partial charge in [-0.05, 0) is 69.8 Å². The monoisotopic (exact) mass is 577 g/mol. The number of hydrazine groups is 1. The zero-order chi connectivity index (χ0) is 29.7. The number of carbonyl (C=O) groups is 3. The van der Waals surface area contributed by atoms with E-state index < -0.39 is 6.09 Å². The third kappa shape index (κ3) is 9.03. The van der Waals surface area contributed by atoms with Crippen LogP contribution >= 0.6 is 0 Å². The lowest BCUT2D eigenvalue weighted by molar-refractivity contribution is -0.130. The molecule has 2 aromatic rings. The molecule has 2 aliphatic rings. The van der Waals surface area contributed by atoms with Gasteiger partial charge in [0.15, 0.2) is 0 Å². The topological polar surface area (TPSA) is 99.4 Å². The number of para-hydroxylation sites is 1. The molecule has 0 bridgehead atoms. The van der Waals surface area contributed by atoms with Crippen molar-refractivity contribution < 1.29 is 19.1 Å². The van der Waals surface area contributed by atoms with Gasteiger partial charge in [0.05, 0.1) is 12.1 Å². The number of piperidine rings is 2. The molecule has 42 heavy (non-hydrogen) atoms. The van der Waals surface area contributed by atoms with Gasteiger partial charge in [-0.15, -0.1) is 0 Å². The summed E-state index contributed by atoms with van der Waals surface area (Å²) < 4.78 is 5.72. The van der Waals surface area contributed by atoms with Crippen LogP contribution in [0.2, 0.25) is 0 Å². The van der Waals surface area contributed by atoms with Crippen molar-refractivity contribution in [2.75, 3.05) is 57.9 Å². The van der Waals surface area contributed by atoms with Crippen LogP contribution in [0.5, 0.6) is 0 Å². The second-order valence-electron chi connectivity index (χ2n) is 11.5. The van der Waals surface area contributed by atoms with E-state index in [-0.39, 0.29) is 30.8 Å². The van der Waals surface area contributed by atoms with Gasteiger partial charge in [0, 0.05) is 38.2 Å². The molecule has 2 heterocycles. The maximum atomic E-state index is 13.5. The fourth-order valence-corrected chi connectivity index (χ4v) is 5.87. The molecular formula is C33H47N5O4. The van der Waals surface area contributed by atoms with Gasteiger partial charge < -0.3 is 20.3 Å². The van der Waals surface area contributed by atoms with Crippen LogP contribution in [0, 0.1) is 5.92 Å². The first-order valence-electron chi connectivity index (χ1n) is 15.6. The average Bonchev–Trinajstić information content (AvgIpc) is 3.02. The van der Waals surface area contributed by atoms with Gasteiger partial charge >= 0.3 is 6.09 Å². The summed E-state index contributed by atoms with van der Waals surface area (Å²) in [5.41, 5.74) is 8.21. The Morgan fingerprint density at radius 1 is 0.881 bits per heavy atom. The normalized spacial score (nSPS) is 16.6. The van der Waals surface area contributed by atoms with E-state index in [1.165, 1.54) is 0 Å². The molecule has 2 saturated heterocycles. The summed E-state index contributed by atoms with van der Waals surface area (Å²) in [7, 11) is 1.81. The number of ether oxygens (including phenoxy) is 1. The number of benzene rings is 2. The molecule has 2 fully saturated rings. The first-order chi connectivity index (χ1) is 20.4. The fourth-order valence-electron chi connectivity index (χ4n) is 5.87. The minimum absolute atomic E-state index is 0.0227. The van der Waals surface area contributed by atoms with E-state index in [1.54, 1.807) is 9.91 Å². The van der Waals surface area contributed by atoms with E-state index in [0.29, 0.717) is 6.54 Å². The minimum atomic E-state index is -0.449. The summed E-state index contributed by atoms with van der Waals surface area (Å²) in [6.07, 6.45) is 7.64. The van der Waals surface area contributed by atoms with Gasteiger partial charge in [-0.1, -0.05) is 61.4 Å². The van der Waals surface area contributed by atoms with Gasteiger partial charge in [-0.3, -0.25) is 9.59 Å². The number of nitrogens with two attached hydrogens (primary N) is 1. The largest absolute Gasteiger partial charge is 0.448 e. The number of hydrogen-bond acceptors (Lipinski definition) is 6. The van der Waals surface area contributed by atoms with Crippen LogP contribution in [0.25, 0.3) is 11.1 Å². The Bertz CT molecular complexity index is 1150. The van der Waals surface area contributed by atoms with E-state index in [9.17, 15) is 14.4 Å². The van der Waals surface area contributed by atoms with E-state index in [2.05, 4.69) is 9.91 Å². The summed E-state index contributed by atoms with van der Waals surface area (Å²) in [6, 6.07) is 18.0. The highest BCUT2D eigenvalue weighted by atomic mass is 16.6. The highest BCUT2D eigenvalue weighted by Gasteiger charge is 2.28. The molecule has 3 amide bonds. The Labute approximate surface area is 250 Å². The van der Waals surface area contributed by atoms with Crippen LogP contribution in [-0.2, 0) is 14.3 Å². The Morgan fingerprint density at radius 3 is 2.29 bits per heavy atom. The number of rotatable bonds is 13. The molecule has 0 aliphatic carbocycles. The number of anilines is 1. The molecule has 9 heteroatoms. The van der Waals surface area contributed by atoms with Crippen molar-refractivity contribution in [1.29, 1.82) is 0 Å². The summed E-state index contributed by atoms with van der Waals surface area (Å²) in [5, 5.41) is 3.74. The first-order valence-corrected chi connectivity index (χ1v) is 15.6. The van der Waals surface area contributed by atoms with Gasteiger partial charge in [0.25, 0.3) is 0 Å². The first kappa shape index (κ1) is 31.5. The Kier molecular flexibility index (Phi) is 12.2. The van der Waals surface area contributed by atoms with Crippen LogP contribution in [-0.4, -0.2) is 85.6 Å². The molecule has 2 aromatic carbocycles. The van der Waals surface area contributed by atoms with Crippen molar-refractivity contribution in [1.82, 2.24) is 14.8 Å². The van der Waals surface area contributed by atoms with Crippen LogP contribution in [0.3, 0.4) is 0 Å². The standard InChI is InChI=1S/C33H47N5O4/c1-35(20-9-3-10-21-36-24-17-28(18-25-36)32(34)40)31(39)19-26-42-33(41)38(37-22-11-4-12-23-37)30-16-8-7-15-29(30)27-13-5-2-6-14-27/h2,5-8,13-16,28H,3-4,9-12,17-26H2,1H3,(H2,34,40). The number of primary amides is 1. The minimum Gasteiger partial charge on any atom is -0.448 e. The molecule has 9 nitrogen and oxygen atoms in total. The lowest BCUT2D eigenvalue weighted by atomic mass is 9.96. The van der Waals surface area contributed by atoms with Crippen molar-refractivity contribution in [3.63, 3.8) is 0 Å². The number of likely N-dealkylation sites (tertiary alicyclic amines) is 1. The Morgan fingerprint density at radius 2 is 1.57 bits per heavy atom. The number of amides is 3. The third-order valence-corrected chi connectivity index (χ3v) is 8.43. The zero-order valence-corrected chi connectivity index (χ0v) is 25.1. The predicted molar refractivity (Wildman–Crippen MR) is 166 cm³/mol. The van der Waals surface area contributed by atoms with Crippen LogP contribution in [0.1, 0.15) is 57.8 Å². The second kappa shape index (κ2) is 16.3. The van der Waals surface area contributed by atoms with Crippen molar-refractivity contribution in [3.8, 4) is 11.1 Å². The number of nitrogens with zero attached hydrogens (tertiary/aromatic N) is 4. The number of hydrogen-bond donors (Lipinski definition) is 1. The molecule has 2 N–H and O–H groups in total. The molecule has 0 radical (unpaired) electrons. The predicted octanol–water partition coefficient (Wildman–Crippen LogP) is 4.91. The van der Waals surface area contributed by atoms with Crippen molar-refractivity contribution in [3.05, 3.63) is 54.6 Å². The Balaban J connectivity index is 1.23. The fraction of sp³-hybridized carbons (Fsp3) is 0.545. The third-order valence-electron chi connectivity index (χ3n) is 8.43. The van der Waals surface area contributed by atoms with Crippen molar-refractivity contribution in [2.45, 2.75) is 57.8 Å². The molecular weight excluding hydrogens is 530 g/mol. The molecule has 2 aliphatic heterocycles. The summed E-state index contributed by atoms with van der Waals surface area (Å²) >= 11 is 0. The Hall–Kier alpha value is -3.43. The van der Waals surface area contributed by atoms with E-state index in [0.717, 1.165) is 101 Å². The summed E-state index contributed by atoms with van der Waals surface area (Å²) in [6.45, 7) is 5.16. The van der Waals surface area contributed by atoms with E-state index in [1.807, 2.05) is 61.6 Å². The van der Waals surface area contributed by atoms with Gasteiger partial charge in [0.2, 0.25) is 11.8 Å². The molecule has 0 saturated carbocycles. The van der Waals surface area contributed by atoms with E-state index in [4.69, 9.17) is 10.5 Å². The molecule has 4 rings (SSSR count). The molecule has 228 valence electrons. The molecule has 0 aromatic heterocycles. The quantitative estimate of drug-likeness (QED) is 0.340. The summed E-state index contributed by atoms with van der Waals surface area (Å²) in [5.74, 6) is -0.173. The molecule has 0 unspecified atom stereocenters. The highest BCUT2D eigenvalue weighted by molar-refractivity contribution is 5.93.